The number of phenols is 2. The van der Waals surface area contributed by atoms with Crippen LogP contribution in [0.5, 0.6) is 11.5 Å². The van der Waals surface area contributed by atoms with Crippen LogP contribution in [0.2, 0.25) is 0 Å². The van der Waals surface area contributed by atoms with Crippen molar-refractivity contribution in [3.8, 4) is 11.5 Å². The maximum Gasteiger partial charge on any atom is 0.185 e. The predicted molar refractivity (Wildman–Crippen MR) is 245 cm³/mol. The van der Waals surface area contributed by atoms with Crippen molar-refractivity contribution in [1.29, 1.82) is 0 Å². The molecule has 0 saturated carbocycles. The normalized spacial score (nSPS) is 16.3. The van der Waals surface area contributed by atoms with E-state index >= 15 is 35.1 Å². The van der Waals surface area contributed by atoms with E-state index in [9.17, 15) is 30.6 Å². The van der Waals surface area contributed by atoms with Crippen LogP contribution in [0.15, 0.2) is 130 Å². The van der Waals surface area contributed by atoms with Crippen LogP contribution in [-0.4, -0.2) is 79.0 Å². The van der Waals surface area contributed by atoms with E-state index in [1.807, 2.05) is 0 Å². The van der Waals surface area contributed by atoms with E-state index in [4.69, 9.17) is 9.98 Å². The summed E-state index contributed by atoms with van der Waals surface area (Å²) in [5.74, 6) is -14.9. The van der Waals surface area contributed by atoms with Gasteiger partial charge in [-0.25, -0.2) is 45.1 Å². The van der Waals surface area contributed by atoms with Gasteiger partial charge in [-0.2, -0.15) is 0 Å². The summed E-state index contributed by atoms with van der Waals surface area (Å²) in [6.45, 7) is -2.28. The zero-order chi connectivity index (χ0) is 49.7. The first-order chi connectivity index (χ1) is 33.6. The molecule has 3 aliphatic heterocycles. The number of allylic oxidation sites excluding steroid dienone is 10. The van der Waals surface area contributed by atoms with E-state index in [1.165, 1.54) is 85.0 Å². The Kier molecular flexibility index (Phi) is 12.9. The maximum atomic E-state index is 16.6. The Morgan fingerprint density at radius 2 is 1.03 bits per heavy atom. The van der Waals surface area contributed by atoms with Crippen LogP contribution < -0.4 is 5.32 Å². The highest BCUT2D eigenvalue weighted by Gasteiger charge is 2.35. The van der Waals surface area contributed by atoms with E-state index in [-0.39, 0.29) is 74.4 Å². The zero-order valence-electron chi connectivity index (χ0n) is 36.2. The molecule has 0 spiro atoms. The fourth-order valence-corrected chi connectivity index (χ4v) is 8.76. The van der Waals surface area contributed by atoms with Gasteiger partial charge in [0.1, 0.15) is 17.2 Å². The van der Waals surface area contributed by atoms with Crippen molar-refractivity contribution in [3.63, 3.8) is 0 Å². The van der Waals surface area contributed by atoms with Gasteiger partial charge in [-0.05, 0) is 102 Å². The number of aromatic nitrogens is 1. The van der Waals surface area contributed by atoms with Gasteiger partial charge in [-0.3, -0.25) is 0 Å². The van der Waals surface area contributed by atoms with Crippen molar-refractivity contribution in [1.82, 2.24) is 4.98 Å². The molecule has 0 fully saturated rings. The van der Waals surface area contributed by atoms with Gasteiger partial charge in [0.15, 0.2) is 46.5 Å². The molecule has 1 aliphatic carbocycles. The molecule has 70 heavy (non-hydrogen) atoms. The van der Waals surface area contributed by atoms with Crippen molar-refractivity contribution < 1.29 is 65.8 Å². The minimum absolute atomic E-state index is 0.0227. The molecule has 2 atom stereocenters. The molecule has 8 N–H and O–H groups in total. The number of phenolic OH excluding ortho intramolecular Hbond substituents is 2. The molecule has 1 aromatic heterocycles. The average Bonchev–Trinajstić information content (AvgIpc) is 4.20. The first kappa shape index (κ1) is 47.4. The largest absolute Gasteiger partial charge is 0.508 e. The first-order valence-corrected chi connectivity index (χ1v) is 21.6. The summed E-state index contributed by atoms with van der Waals surface area (Å²) in [6, 6.07) is 14.3. The van der Waals surface area contributed by atoms with Gasteiger partial charge < -0.3 is 40.9 Å². The number of fused-ring (bicyclic) bond motifs is 6. The molecular weight excluding hydrogens is 929 g/mol. The lowest BCUT2D eigenvalue weighted by Crippen LogP contribution is -2.24. The van der Waals surface area contributed by atoms with Crippen LogP contribution in [0.25, 0.3) is 22.3 Å². The summed E-state index contributed by atoms with van der Waals surface area (Å²) in [6.07, 6.45) is 4.07. The Morgan fingerprint density at radius 3 is 1.59 bits per heavy atom. The van der Waals surface area contributed by atoms with Crippen LogP contribution in [0, 0.1) is 46.5 Å². The number of aliphatic hydroxyl groups is 4. The summed E-state index contributed by atoms with van der Waals surface area (Å²) >= 11 is 0. The number of halogens is 8. The highest BCUT2D eigenvalue weighted by Crippen LogP contribution is 2.45. The molecule has 9 rings (SSSR count). The van der Waals surface area contributed by atoms with Gasteiger partial charge in [0.05, 0.1) is 59.4 Å². The van der Waals surface area contributed by atoms with Gasteiger partial charge in [0.25, 0.3) is 0 Å². The van der Waals surface area contributed by atoms with Crippen LogP contribution in [0.3, 0.4) is 0 Å². The van der Waals surface area contributed by atoms with Crippen molar-refractivity contribution in [2.75, 3.05) is 25.1 Å². The lowest BCUT2D eigenvalue weighted by Gasteiger charge is -2.18. The van der Waals surface area contributed by atoms with Crippen molar-refractivity contribution in [3.05, 3.63) is 205 Å². The third kappa shape index (κ3) is 8.48. The quantitative estimate of drug-likeness (QED) is 0.0455. The van der Waals surface area contributed by atoms with E-state index in [1.54, 1.807) is 12.1 Å². The van der Waals surface area contributed by atoms with Crippen molar-refractivity contribution in [2.24, 2.45) is 9.98 Å². The summed E-state index contributed by atoms with van der Waals surface area (Å²) in [4.78, 5) is 12.5. The molecule has 5 aromatic rings. The number of nitrogens with zero attached hydrogens (tertiary/aromatic N) is 2. The fourth-order valence-electron chi connectivity index (χ4n) is 8.76. The molecule has 4 aromatic carbocycles. The fraction of sp³-hybridized carbons (Fsp3) is 0.154. The molecule has 0 saturated heterocycles. The molecule has 4 aliphatic rings. The number of aromatic hydroxyl groups is 2. The smallest absolute Gasteiger partial charge is 0.185 e. The number of hydrogen-bond acceptors (Lipinski definition) is 9. The summed E-state index contributed by atoms with van der Waals surface area (Å²) in [5, 5.41) is 61.6. The maximum absolute atomic E-state index is 16.6. The minimum atomic E-state index is -1.85. The minimum Gasteiger partial charge on any atom is -0.508 e. The number of benzene rings is 4. The third-order valence-electron chi connectivity index (χ3n) is 12.1. The summed E-state index contributed by atoms with van der Waals surface area (Å²) < 4.78 is 131. The zero-order valence-corrected chi connectivity index (χ0v) is 36.2. The van der Waals surface area contributed by atoms with Crippen molar-refractivity contribution >= 4 is 39.4 Å². The number of aliphatic hydroxyl groups excluding tert-OH is 4. The third-order valence-corrected chi connectivity index (χ3v) is 12.1. The number of anilines is 1. The Morgan fingerprint density at radius 1 is 0.543 bits per heavy atom. The highest BCUT2D eigenvalue weighted by atomic mass is 19.2. The summed E-state index contributed by atoms with van der Waals surface area (Å²) in [7, 11) is 0. The second-order valence-electron chi connectivity index (χ2n) is 16.6. The number of rotatable bonds is 12. The predicted octanol–water partition coefficient (Wildman–Crippen LogP) is 9.01. The highest BCUT2D eigenvalue weighted by molar-refractivity contribution is 6.34. The van der Waals surface area contributed by atoms with Crippen LogP contribution >= 0.6 is 0 Å². The number of H-pyrrole nitrogens is 1. The number of aromatic amines is 1. The Hall–Kier alpha value is -7.64. The summed E-state index contributed by atoms with van der Waals surface area (Å²) in [5.41, 5.74) is -4.49. The lowest BCUT2D eigenvalue weighted by molar-refractivity contribution is 0.0881. The molecule has 358 valence electrons. The van der Waals surface area contributed by atoms with Crippen LogP contribution in [-0.2, 0) is 6.42 Å². The average molecular weight is 967 g/mol. The number of hydrogen-bond donors (Lipinski definition) is 8. The molecule has 0 amide bonds. The van der Waals surface area contributed by atoms with Gasteiger partial charge in [0, 0.05) is 45.8 Å². The molecule has 10 nitrogen and oxygen atoms in total. The van der Waals surface area contributed by atoms with E-state index < -0.39 is 125 Å². The monoisotopic (exact) mass is 966 g/mol. The Labute approximate surface area is 392 Å². The lowest BCUT2D eigenvalue weighted by atomic mass is 9.90. The second-order valence-corrected chi connectivity index (χ2v) is 16.6. The second kappa shape index (κ2) is 19.0. The Bertz CT molecular complexity index is 3270. The molecule has 8 bridgehead atoms. The first-order valence-electron chi connectivity index (χ1n) is 21.6. The van der Waals surface area contributed by atoms with Crippen molar-refractivity contribution in [2.45, 2.75) is 31.5 Å². The molecule has 4 heterocycles. The topological polar surface area (TPSA) is 174 Å². The van der Waals surface area contributed by atoms with E-state index in [0.29, 0.717) is 11.1 Å². The van der Waals surface area contributed by atoms with E-state index in [2.05, 4.69) is 10.3 Å². The van der Waals surface area contributed by atoms with Gasteiger partial charge in [-0.15, -0.1) is 0 Å². The molecule has 0 unspecified atom stereocenters. The SMILES string of the molecule is OC[C@@H](O)CCc1c(F)c(F)c(C2=C3C=CC(=N3)C(c3cccc(O)c3)=C3C=CC(=C(c4c(F)c(F)c(NC[C@H](O)CO)c(F)c4F)C4=NC(=C(c5cccc(O)c5)c5ccc2[nH]5)C=C4)C3)c(F)c1F. The van der Waals surface area contributed by atoms with Gasteiger partial charge in [0.2, 0.25) is 0 Å². The van der Waals surface area contributed by atoms with Gasteiger partial charge >= 0.3 is 0 Å². The molecule has 18 heteroatoms. The van der Waals surface area contributed by atoms with Crippen LogP contribution in [0.1, 0.15) is 52.0 Å². The van der Waals surface area contributed by atoms with Gasteiger partial charge in [-0.1, -0.05) is 36.4 Å². The van der Waals surface area contributed by atoms with Crippen LogP contribution in [0.4, 0.5) is 40.8 Å². The number of nitrogens with one attached hydrogen (secondary N) is 2. The number of aliphatic imine (C=N–C) groups is 2. The molecular formula is C52H38F8N4O6. The standard InChI is InChI=1S/C52H38F8N4O6/c53-44-31(10-9-29(69)21-65)45(54)47(56)43(46(44)55)41-36-15-11-32(62-36)38(23-3-1-5-27(67)18-23)25-7-8-26(17-25)40(42-48(57)50(59)52(51(60)49(42)58)61-20-30(70)22-66)35-14-12-33(63-35)39(34-13-16-37(41)64-34)24-4-2-6-28(68)19-24/h1-8,11-16,18-19,29-30,61,64-70H,9-10,17,20-22H2/t29-,30-/m0/s1. The Balaban J connectivity index is 1.36. The molecule has 0 radical (unpaired) electrons. The van der Waals surface area contributed by atoms with E-state index in [0.717, 1.165) is 0 Å².